The van der Waals surface area contributed by atoms with E-state index in [-0.39, 0.29) is 35.9 Å². The van der Waals surface area contributed by atoms with Crippen molar-refractivity contribution in [2.45, 2.75) is 32.4 Å². The maximum absolute atomic E-state index is 12.3. The molecule has 2 fully saturated rings. The van der Waals surface area contributed by atoms with Gasteiger partial charge in [0.2, 0.25) is 5.91 Å². The first-order valence-corrected chi connectivity index (χ1v) is 8.85. The highest BCUT2D eigenvalue weighted by atomic mass is 16.5. The molecule has 1 unspecified atom stereocenters. The van der Waals surface area contributed by atoms with Gasteiger partial charge in [0.15, 0.2) is 6.61 Å². The predicted octanol–water partition coefficient (Wildman–Crippen LogP) is 1.12. The molecule has 6 nitrogen and oxygen atoms in total. The number of carbonyl (C=O) groups is 2. The lowest BCUT2D eigenvalue weighted by atomic mass is 9.77. The monoisotopic (exact) mass is 345 g/mol. The van der Waals surface area contributed by atoms with E-state index < -0.39 is 0 Å². The Balaban J connectivity index is 1.48. The molecule has 0 saturated carbocycles. The van der Waals surface area contributed by atoms with Crippen LogP contribution in [0.1, 0.15) is 20.3 Å². The van der Waals surface area contributed by atoms with E-state index in [4.69, 9.17) is 4.74 Å². The Bertz CT molecular complexity index is 626. The van der Waals surface area contributed by atoms with Crippen LogP contribution in [0.5, 0.6) is 5.75 Å². The topological polar surface area (TPSA) is 61.9 Å². The van der Waals surface area contributed by atoms with Crippen molar-refractivity contribution in [3.63, 3.8) is 0 Å². The number of nitrogens with zero attached hydrogens (tertiary/aromatic N) is 2. The summed E-state index contributed by atoms with van der Waals surface area (Å²) in [6.07, 6.45) is 0.811. The van der Waals surface area contributed by atoms with Crippen molar-refractivity contribution in [1.29, 1.82) is 0 Å². The Hall–Kier alpha value is -2.08. The van der Waals surface area contributed by atoms with Gasteiger partial charge in [-0.05, 0) is 39.4 Å². The fraction of sp³-hybridized carbons (Fsp3) is 0.579. The molecule has 0 aromatic heterocycles. The van der Waals surface area contributed by atoms with Crippen molar-refractivity contribution in [3.8, 4) is 5.75 Å². The quantitative estimate of drug-likeness (QED) is 0.869. The molecule has 1 spiro atoms. The van der Waals surface area contributed by atoms with Crippen LogP contribution in [0.3, 0.4) is 0 Å². The summed E-state index contributed by atoms with van der Waals surface area (Å²) in [5.74, 6) is 0.802. The van der Waals surface area contributed by atoms with Crippen LogP contribution in [-0.4, -0.2) is 67.0 Å². The van der Waals surface area contributed by atoms with Gasteiger partial charge in [0.05, 0.1) is 6.04 Å². The number of likely N-dealkylation sites (N-methyl/N-ethyl adjacent to an activating group) is 1. The molecule has 0 aliphatic carbocycles. The second-order valence-corrected chi connectivity index (χ2v) is 7.65. The molecule has 1 N–H and O–H groups in total. The number of rotatable bonds is 5. The van der Waals surface area contributed by atoms with E-state index in [0.717, 1.165) is 13.0 Å². The summed E-state index contributed by atoms with van der Waals surface area (Å²) in [7, 11) is 1.99. The first-order chi connectivity index (χ1) is 11.9. The van der Waals surface area contributed by atoms with Gasteiger partial charge < -0.3 is 15.0 Å². The van der Waals surface area contributed by atoms with Crippen molar-refractivity contribution in [1.82, 2.24) is 15.1 Å². The second-order valence-electron chi connectivity index (χ2n) is 7.65. The molecule has 0 radical (unpaired) electrons. The summed E-state index contributed by atoms with van der Waals surface area (Å²) in [6.45, 7) is 6.28. The maximum atomic E-state index is 12.3. The molecule has 2 saturated heterocycles. The van der Waals surface area contributed by atoms with E-state index in [1.807, 2.05) is 56.1 Å². The van der Waals surface area contributed by atoms with Crippen LogP contribution in [0.15, 0.2) is 30.3 Å². The fourth-order valence-electron chi connectivity index (χ4n) is 3.87. The third-order valence-corrected chi connectivity index (χ3v) is 4.99. The minimum atomic E-state index is -0.0970. The molecule has 2 heterocycles. The average Bonchev–Trinajstić information content (AvgIpc) is 2.89. The molecular weight excluding hydrogens is 318 g/mol. The van der Waals surface area contributed by atoms with Gasteiger partial charge in [-0.2, -0.15) is 0 Å². The number of nitrogens with one attached hydrogen (secondary N) is 1. The van der Waals surface area contributed by atoms with Gasteiger partial charge in [0.25, 0.3) is 5.91 Å². The van der Waals surface area contributed by atoms with E-state index in [1.165, 1.54) is 0 Å². The Morgan fingerprint density at radius 3 is 2.56 bits per heavy atom. The molecule has 25 heavy (non-hydrogen) atoms. The normalized spacial score (nSPS) is 22.1. The zero-order chi connectivity index (χ0) is 18.0. The molecule has 1 aromatic carbocycles. The number of para-hydroxylation sites is 1. The number of carbonyl (C=O) groups excluding carboxylic acids is 2. The van der Waals surface area contributed by atoms with Gasteiger partial charge in [0, 0.05) is 31.1 Å². The van der Waals surface area contributed by atoms with Crippen LogP contribution in [0.2, 0.25) is 0 Å². The standard InChI is InChI=1S/C19H27N3O3/c1-14(2)20-18(24)16-9-19(11-21(16)3)12-22(13-19)17(23)10-25-15-7-5-4-6-8-15/h4-8,14,16H,9-13H2,1-3H3,(H,20,24). The number of likely N-dealkylation sites (tertiary alicyclic amines) is 2. The molecule has 2 amide bonds. The van der Waals surface area contributed by atoms with Crippen molar-refractivity contribution < 1.29 is 14.3 Å². The van der Waals surface area contributed by atoms with Gasteiger partial charge in [0.1, 0.15) is 5.75 Å². The van der Waals surface area contributed by atoms with Crippen molar-refractivity contribution in [2.24, 2.45) is 5.41 Å². The Morgan fingerprint density at radius 2 is 1.92 bits per heavy atom. The Labute approximate surface area is 149 Å². The summed E-state index contributed by atoms with van der Waals surface area (Å²) in [5, 5.41) is 2.99. The highest BCUT2D eigenvalue weighted by Gasteiger charge is 2.53. The molecule has 136 valence electrons. The first-order valence-electron chi connectivity index (χ1n) is 8.85. The summed E-state index contributed by atoms with van der Waals surface area (Å²) >= 11 is 0. The van der Waals surface area contributed by atoms with E-state index in [9.17, 15) is 9.59 Å². The lowest BCUT2D eigenvalue weighted by molar-refractivity contribution is -0.144. The summed E-state index contributed by atoms with van der Waals surface area (Å²) in [6, 6.07) is 9.41. The number of ether oxygens (including phenoxy) is 1. The van der Waals surface area contributed by atoms with Crippen molar-refractivity contribution in [3.05, 3.63) is 30.3 Å². The van der Waals surface area contributed by atoms with E-state index in [0.29, 0.717) is 18.8 Å². The summed E-state index contributed by atoms with van der Waals surface area (Å²) in [5.41, 5.74) is 0.0517. The van der Waals surface area contributed by atoms with Gasteiger partial charge in [-0.1, -0.05) is 18.2 Å². The van der Waals surface area contributed by atoms with E-state index in [2.05, 4.69) is 10.2 Å². The highest BCUT2D eigenvalue weighted by Crippen LogP contribution is 2.42. The van der Waals surface area contributed by atoms with Gasteiger partial charge in [-0.25, -0.2) is 0 Å². The number of hydrogen-bond donors (Lipinski definition) is 1. The number of hydrogen-bond acceptors (Lipinski definition) is 4. The predicted molar refractivity (Wildman–Crippen MR) is 95.3 cm³/mol. The minimum Gasteiger partial charge on any atom is -0.484 e. The van der Waals surface area contributed by atoms with E-state index in [1.54, 1.807) is 0 Å². The van der Waals surface area contributed by atoms with Crippen LogP contribution >= 0.6 is 0 Å². The average molecular weight is 345 g/mol. The zero-order valence-electron chi connectivity index (χ0n) is 15.2. The molecule has 3 rings (SSSR count). The maximum Gasteiger partial charge on any atom is 0.260 e. The summed E-state index contributed by atoms with van der Waals surface area (Å²) in [4.78, 5) is 28.5. The number of benzene rings is 1. The van der Waals surface area contributed by atoms with Crippen LogP contribution in [-0.2, 0) is 9.59 Å². The van der Waals surface area contributed by atoms with Gasteiger partial charge >= 0.3 is 0 Å². The third kappa shape index (κ3) is 3.95. The molecule has 2 aliphatic rings. The molecule has 6 heteroatoms. The Morgan fingerprint density at radius 1 is 1.24 bits per heavy atom. The summed E-state index contributed by atoms with van der Waals surface area (Å²) < 4.78 is 5.53. The first kappa shape index (κ1) is 17.7. The smallest absolute Gasteiger partial charge is 0.260 e. The van der Waals surface area contributed by atoms with Crippen LogP contribution in [0, 0.1) is 5.41 Å². The molecule has 1 atom stereocenters. The minimum absolute atomic E-state index is 0.00668. The number of amides is 2. The largest absolute Gasteiger partial charge is 0.484 e. The van der Waals surface area contributed by atoms with Crippen LogP contribution in [0.25, 0.3) is 0 Å². The van der Waals surface area contributed by atoms with E-state index >= 15 is 0 Å². The molecule has 2 aliphatic heterocycles. The second kappa shape index (κ2) is 7.04. The van der Waals surface area contributed by atoms with Gasteiger partial charge in [-0.15, -0.1) is 0 Å². The van der Waals surface area contributed by atoms with Gasteiger partial charge in [-0.3, -0.25) is 14.5 Å². The lowest BCUT2D eigenvalue weighted by Gasteiger charge is -2.48. The van der Waals surface area contributed by atoms with Crippen molar-refractivity contribution >= 4 is 11.8 Å². The SMILES string of the molecule is CC(C)NC(=O)C1CC2(CN(C(=O)COc3ccccc3)C2)CN1C. The molecular formula is C19H27N3O3. The molecule has 1 aromatic rings. The molecule has 0 bridgehead atoms. The zero-order valence-corrected chi connectivity index (χ0v) is 15.2. The van der Waals surface area contributed by atoms with Crippen molar-refractivity contribution in [2.75, 3.05) is 33.3 Å². The highest BCUT2D eigenvalue weighted by molar-refractivity contribution is 5.83. The van der Waals surface area contributed by atoms with Crippen LogP contribution < -0.4 is 10.1 Å². The van der Waals surface area contributed by atoms with Crippen LogP contribution in [0.4, 0.5) is 0 Å². The fourth-order valence-corrected chi connectivity index (χ4v) is 3.87. The third-order valence-electron chi connectivity index (χ3n) is 4.99. The lowest BCUT2D eigenvalue weighted by Crippen LogP contribution is -2.60. The Kier molecular flexibility index (Phi) is 4.99.